The zero-order valence-corrected chi connectivity index (χ0v) is 17.9. The summed E-state index contributed by atoms with van der Waals surface area (Å²) >= 11 is 0. The van der Waals surface area contributed by atoms with Crippen molar-refractivity contribution < 1.29 is 14.7 Å². The molecule has 164 valence electrons. The van der Waals surface area contributed by atoms with Crippen molar-refractivity contribution in [1.29, 1.82) is 5.26 Å². The molecule has 0 saturated heterocycles. The van der Waals surface area contributed by atoms with E-state index in [9.17, 15) is 10.0 Å². The number of nitriles is 1. The third-order valence-corrected chi connectivity index (χ3v) is 5.25. The van der Waals surface area contributed by atoms with Gasteiger partial charge in [0.25, 0.3) is 5.91 Å². The van der Waals surface area contributed by atoms with Crippen molar-refractivity contribution >= 4 is 16.8 Å². The first-order chi connectivity index (χ1) is 16.2. The molecule has 1 amide bonds. The van der Waals surface area contributed by atoms with E-state index in [1.54, 1.807) is 17.7 Å². The molecule has 0 unspecified atom stereocenters. The number of hydroxylamine groups is 1. The zero-order chi connectivity index (χ0) is 23.2. The van der Waals surface area contributed by atoms with Gasteiger partial charge in [-0.25, -0.2) is 10.5 Å². The average Bonchev–Trinajstić information content (AvgIpc) is 2.87. The van der Waals surface area contributed by atoms with Gasteiger partial charge >= 0.3 is 0 Å². The maximum atomic E-state index is 12.4. The number of pyridine rings is 2. The van der Waals surface area contributed by atoms with Gasteiger partial charge in [-0.05, 0) is 22.8 Å². The molecular formula is C25H21N5O3. The largest absolute Gasteiger partial charge is 0.494 e. The Morgan fingerprint density at radius 1 is 1.06 bits per heavy atom. The number of hydrogen-bond acceptors (Lipinski definition) is 7. The van der Waals surface area contributed by atoms with Crippen LogP contribution in [0.4, 0.5) is 0 Å². The summed E-state index contributed by atoms with van der Waals surface area (Å²) in [5.74, 6) is -0.446. The third-order valence-electron chi connectivity index (χ3n) is 5.25. The monoisotopic (exact) mass is 439 g/mol. The van der Waals surface area contributed by atoms with Crippen molar-refractivity contribution in [1.82, 2.24) is 20.8 Å². The lowest BCUT2D eigenvalue weighted by Crippen LogP contribution is -2.20. The van der Waals surface area contributed by atoms with Crippen molar-refractivity contribution in [3.8, 4) is 34.2 Å². The highest BCUT2D eigenvalue weighted by Gasteiger charge is 2.22. The molecule has 0 spiro atoms. The van der Waals surface area contributed by atoms with Gasteiger partial charge in [-0.3, -0.25) is 15.0 Å². The molecule has 4 aromatic rings. The van der Waals surface area contributed by atoms with Crippen LogP contribution in [0, 0.1) is 11.3 Å². The Bertz CT molecular complexity index is 1330. The van der Waals surface area contributed by atoms with Crippen LogP contribution in [0.5, 0.6) is 5.75 Å². The number of ether oxygens (including phenoxy) is 1. The van der Waals surface area contributed by atoms with Crippen LogP contribution >= 0.6 is 0 Å². The second-order valence-electron chi connectivity index (χ2n) is 7.24. The molecule has 2 aromatic heterocycles. The van der Waals surface area contributed by atoms with Crippen LogP contribution in [0.3, 0.4) is 0 Å². The first kappa shape index (κ1) is 21.9. The zero-order valence-electron chi connectivity index (χ0n) is 17.9. The second-order valence-corrected chi connectivity index (χ2v) is 7.24. The lowest BCUT2D eigenvalue weighted by atomic mass is 9.99. The molecule has 8 heteroatoms. The van der Waals surface area contributed by atoms with Crippen molar-refractivity contribution in [2.24, 2.45) is 0 Å². The summed E-state index contributed by atoms with van der Waals surface area (Å²) in [6, 6.07) is 19.6. The van der Waals surface area contributed by atoms with Gasteiger partial charge in [-0.2, -0.15) is 5.26 Å². The fraction of sp³-hybridized carbons (Fsp3) is 0.120. The maximum absolute atomic E-state index is 12.4. The summed E-state index contributed by atoms with van der Waals surface area (Å²) in [7, 11) is 1.46. The van der Waals surface area contributed by atoms with Gasteiger partial charge in [0, 0.05) is 29.9 Å². The van der Waals surface area contributed by atoms with Gasteiger partial charge in [-0.15, -0.1) is 0 Å². The van der Waals surface area contributed by atoms with E-state index in [0.29, 0.717) is 29.7 Å². The van der Waals surface area contributed by atoms with Crippen LogP contribution in [0.15, 0.2) is 67.0 Å². The van der Waals surface area contributed by atoms with Crippen LogP contribution in [-0.2, 0) is 6.54 Å². The summed E-state index contributed by atoms with van der Waals surface area (Å²) in [5, 5.41) is 21.4. The van der Waals surface area contributed by atoms with Gasteiger partial charge in [0.15, 0.2) is 5.75 Å². The van der Waals surface area contributed by atoms with Crippen molar-refractivity contribution in [2.45, 2.75) is 6.54 Å². The maximum Gasteiger partial charge on any atom is 0.279 e. The molecule has 0 radical (unpaired) electrons. The number of rotatable bonds is 7. The number of fused-ring (bicyclic) bond motifs is 1. The second kappa shape index (κ2) is 9.87. The van der Waals surface area contributed by atoms with Crippen LogP contribution in [0.25, 0.3) is 33.3 Å². The Hall–Kier alpha value is -4.32. The standard InChI is InChI=1S/C25H21N5O3/c1-33-24-22(25(31)30-32)20-15-27-12-10-21(20)29-23(24)19-8-6-18(7-9-19)17-4-2-16(3-5-17)14-28-13-11-26/h2-10,12,15,28,32H,13-14H2,1H3,(H,30,31). The number of carbonyl (C=O) groups excluding carboxylic acids is 1. The van der Waals surface area contributed by atoms with E-state index < -0.39 is 5.91 Å². The van der Waals surface area contributed by atoms with Crippen LogP contribution in [0.1, 0.15) is 15.9 Å². The molecule has 0 atom stereocenters. The van der Waals surface area contributed by atoms with Gasteiger partial charge < -0.3 is 10.1 Å². The highest BCUT2D eigenvalue weighted by atomic mass is 16.5. The molecule has 0 aliphatic heterocycles. The normalized spacial score (nSPS) is 10.6. The lowest BCUT2D eigenvalue weighted by molar-refractivity contribution is 0.0705. The number of benzene rings is 2. The highest BCUT2D eigenvalue weighted by molar-refractivity contribution is 6.09. The predicted molar refractivity (Wildman–Crippen MR) is 124 cm³/mol. The highest BCUT2D eigenvalue weighted by Crippen LogP contribution is 2.36. The molecule has 0 aliphatic carbocycles. The summed E-state index contributed by atoms with van der Waals surface area (Å²) in [6.45, 7) is 0.952. The summed E-state index contributed by atoms with van der Waals surface area (Å²) in [5.41, 5.74) is 6.83. The molecule has 0 fully saturated rings. The molecule has 0 bridgehead atoms. The Kier molecular flexibility index (Phi) is 6.55. The summed E-state index contributed by atoms with van der Waals surface area (Å²) in [4.78, 5) is 21.2. The number of aromatic nitrogens is 2. The minimum absolute atomic E-state index is 0.165. The van der Waals surface area contributed by atoms with E-state index in [-0.39, 0.29) is 11.3 Å². The number of carbonyl (C=O) groups is 1. The Labute approximate surface area is 190 Å². The van der Waals surface area contributed by atoms with E-state index in [1.165, 1.54) is 13.3 Å². The lowest BCUT2D eigenvalue weighted by Gasteiger charge is -2.15. The van der Waals surface area contributed by atoms with Crippen molar-refractivity contribution in [3.05, 3.63) is 78.1 Å². The van der Waals surface area contributed by atoms with E-state index >= 15 is 0 Å². The third kappa shape index (κ3) is 4.50. The molecule has 2 heterocycles. The molecule has 33 heavy (non-hydrogen) atoms. The van der Waals surface area contributed by atoms with Crippen LogP contribution in [0.2, 0.25) is 0 Å². The van der Waals surface area contributed by atoms with Gasteiger partial charge in [0.05, 0.1) is 30.8 Å². The minimum atomic E-state index is -0.700. The van der Waals surface area contributed by atoms with Crippen LogP contribution in [-0.4, -0.2) is 34.7 Å². The Morgan fingerprint density at radius 3 is 2.36 bits per heavy atom. The fourth-order valence-electron chi connectivity index (χ4n) is 3.66. The Morgan fingerprint density at radius 2 is 1.73 bits per heavy atom. The molecule has 3 N–H and O–H groups in total. The first-order valence-corrected chi connectivity index (χ1v) is 10.2. The number of nitrogens with one attached hydrogen (secondary N) is 2. The van der Waals surface area contributed by atoms with Gasteiger partial charge in [0.2, 0.25) is 0 Å². The molecule has 0 aliphatic rings. The first-order valence-electron chi connectivity index (χ1n) is 10.2. The predicted octanol–water partition coefficient (Wildman–Crippen LogP) is 3.70. The Balaban J connectivity index is 1.70. The average molecular weight is 439 g/mol. The fourth-order valence-corrected chi connectivity index (χ4v) is 3.66. The van der Waals surface area contributed by atoms with Crippen molar-refractivity contribution in [3.63, 3.8) is 0 Å². The SMILES string of the molecule is COc1c(-c2ccc(-c3ccc(CNCC#N)cc3)cc2)nc2ccncc2c1C(=O)NO. The van der Waals surface area contributed by atoms with E-state index in [0.717, 1.165) is 22.3 Å². The quantitative estimate of drug-likeness (QED) is 0.174. The van der Waals surface area contributed by atoms with E-state index in [4.69, 9.17) is 10.00 Å². The van der Waals surface area contributed by atoms with E-state index in [2.05, 4.69) is 21.4 Å². The minimum Gasteiger partial charge on any atom is -0.494 e. The smallest absolute Gasteiger partial charge is 0.279 e. The summed E-state index contributed by atoms with van der Waals surface area (Å²) < 4.78 is 5.54. The van der Waals surface area contributed by atoms with Crippen molar-refractivity contribution in [2.75, 3.05) is 13.7 Å². The number of amides is 1. The molecule has 2 aromatic carbocycles. The van der Waals surface area contributed by atoms with Crippen LogP contribution < -0.4 is 15.5 Å². The summed E-state index contributed by atoms with van der Waals surface area (Å²) in [6.07, 6.45) is 3.11. The topological polar surface area (TPSA) is 120 Å². The molecule has 0 saturated carbocycles. The molecular weight excluding hydrogens is 418 g/mol. The molecule has 8 nitrogen and oxygen atoms in total. The number of methoxy groups -OCH3 is 1. The number of hydrogen-bond donors (Lipinski definition) is 3. The van der Waals surface area contributed by atoms with Gasteiger partial charge in [-0.1, -0.05) is 48.5 Å². The number of nitrogens with zero attached hydrogens (tertiary/aromatic N) is 3. The van der Waals surface area contributed by atoms with E-state index in [1.807, 2.05) is 48.5 Å². The van der Waals surface area contributed by atoms with Gasteiger partial charge in [0.1, 0.15) is 5.69 Å². The molecule has 4 rings (SSSR count).